The predicted octanol–water partition coefficient (Wildman–Crippen LogP) is 2.60. The van der Waals surface area contributed by atoms with Gasteiger partial charge in [-0.25, -0.2) is 4.98 Å². The van der Waals surface area contributed by atoms with E-state index in [0.717, 1.165) is 27.1 Å². The highest BCUT2D eigenvalue weighted by molar-refractivity contribution is 9.10. The minimum Gasteiger partial charge on any atom is -0.392 e. The van der Waals surface area contributed by atoms with E-state index in [4.69, 9.17) is 0 Å². The Morgan fingerprint density at radius 3 is 3.00 bits per heavy atom. The zero-order valence-electron chi connectivity index (χ0n) is 10.6. The summed E-state index contributed by atoms with van der Waals surface area (Å²) < 4.78 is 3.02. The summed E-state index contributed by atoms with van der Waals surface area (Å²) in [6.45, 7) is 0.597. The number of nitrogens with one attached hydrogen (secondary N) is 1. The zero-order chi connectivity index (χ0) is 13.9. The van der Waals surface area contributed by atoms with Crippen LogP contribution in [0.25, 0.3) is 5.65 Å². The Balaban J connectivity index is 1.85. The first kappa shape index (κ1) is 13.1. The fourth-order valence-corrected chi connectivity index (χ4v) is 2.38. The van der Waals surface area contributed by atoms with Crippen molar-refractivity contribution in [1.82, 2.24) is 14.4 Å². The van der Waals surface area contributed by atoms with E-state index >= 15 is 0 Å². The van der Waals surface area contributed by atoms with Crippen molar-refractivity contribution in [3.8, 4) is 0 Å². The van der Waals surface area contributed by atoms with Gasteiger partial charge in [-0.3, -0.25) is 4.98 Å². The molecule has 102 valence electrons. The number of nitrogens with zero attached hydrogens (tertiary/aromatic N) is 3. The molecule has 0 aliphatic carbocycles. The van der Waals surface area contributed by atoms with Gasteiger partial charge in [0.25, 0.3) is 0 Å². The molecule has 0 saturated heterocycles. The quantitative estimate of drug-likeness (QED) is 0.770. The van der Waals surface area contributed by atoms with Gasteiger partial charge in [-0.05, 0) is 34.1 Å². The fraction of sp³-hybridized carbons (Fsp3) is 0.143. The molecule has 2 N–H and O–H groups in total. The summed E-state index contributed by atoms with van der Waals surface area (Å²) in [7, 11) is 0. The van der Waals surface area contributed by atoms with Gasteiger partial charge in [0.15, 0.2) is 0 Å². The second-order valence-corrected chi connectivity index (χ2v) is 5.29. The van der Waals surface area contributed by atoms with Crippen LogP contribution < -0.4 is 5.32 Å². The second kappa shape index (κ2) is 5.60. The molecule has 0 amide bonds. The number of rotatable bonds is 4. The molecule has 3 aromatic rings. The van der Waals surface area contributed by atoms with Crippen molar-refractivity contribution in [2.75, 3.05) is 5.32 Å². The summed E-state index contributed by atoms with van der Waals surface area (Å²) in [6, 6.07) is 5.72. The lowest BCUT2D eigenvalue weighted by Crippen LogP contribution is -2.05. The van der Waals surface area contributed by atoms with Gasteiger partial charge < -0.3 is 14.8 Å². The van der Waals surface area contributed by atoms with Crippen LogP contribution in [0.2, 0.25) is 0 Å². The van der Waals surface area contributed by atoms with E-state index in [0.29, 0.717) is 6.54 Å². The van der Waals surface area contributed by atoms with Crippen LogP contribution in [0.1, 0.15) is 11.3 Å². The highest BCUT2D eigenvalue weighted by Gasteiger charge is 2.05. The van der Waals surface area contributed by atoms with Gasteiger partial charge in [0.1, 0.15) is 5.65 Å². The molecule has 0 unspecified atom stereocenters. The zero-order valence-corrected chi connectivity index (χ0v) is 12.2. The summed E-state index contributed by atoms with van der Waals surface area (Å²) in [5.74, 6) is 0. The Morgan fingerprint density at radius 2 is 2.15 bits per heavy atom. The SMILES string of the molecule is OCc1ccncc1NCc1cnc2ccc(Br)cn12. The molecule has 0 fully saturated rings. The molecule has 0 bridgehead atoms. The summed E-state index contributed by atoms with van der Waals surface area (Å²) in [5, 5.41) is 12.6. The molecule has 0 aliphatic heterocycles. The fourth-order valence-electron chi connectivity index (χ4n) is 2.04. The number of anilines is 1. The summed E-state index contributed by atoms with van der Waals surface area (Å²) >= 11 is 3.46. The monoisotopic (exact) mass is 332 g/mol. The Hall–Kier alpha value is -1.92. The number of aliphatic hydroxyl groups is 1. The van der Waals surface area contributed by atoms with Crippen molar-refractivity contribution in [2.24, 2.45) is 0 Å². The Kier molecular flexibility index (Phi) is 3.66. The normalized spacial score (nSPS) is 10.9. The van der Waals surface area contributed by atoms with Crippen molar-refractivity contribution in [3.05, 3.63) is 58.7 Å². The van der Waals surface area contributed by atoms with Crippen molar-refractivity contribution in [2.45, 2.75) is 13.2 Å². The Labute approximate surface area is 124 Å². The number of hydrogen-bond acceptors (Lipinski definition) is 4. The van der Waals surface area contributed by atoms with Crippen LogP contribution in [0, 0.1) is 0 Å². The highest BCUT2D eigenvalue weighted by atomic mass is 79.9. The third-order valence-corrected chi connectivity index (χ3v) is 3.56. The maximum atomic E-state index is 9.29. The second-order valence-electron chi connectivity index (χ2n) is 4.37. The van der Waals surface area contributed by atoms with E-state index in [9.17, 15) is 5.11 Å². The molecule has 0 aliphatic rings. The first-order valence-corrected chi connectivity index (χ1v) is 6.96. The molecule has 0 atom stereocenters. The van der Waals surface area contributed by atoms with Crippen molar-refractivity contribution < 1.29 is 5.11 Å². The largest absolute Gasteiger partial charge is 0.392 e. The van der Waals surface area contributed by atoms with E-state index in [2.05, 4.69) is 31.2 Å². The first-order chi connectivity index (χ1) is 9.78. The molecule has 20 heavy (non-hydrogen) atoms. The number of aliphatic hydroxyl groups excluding tert-OH is 1. The van der Waals surface area contributed by atoms with Crippen molar-refractivity contribution >= 4 is 27.3 Å². The lowest BCUT2D eigenvalue weighted by atomic mass is 10.2. The molecular weight excluding hydrogens is 320 g/mol. The number of aromatic nitrogens is 3. The van der Waals surface area contributed by atoms with Crippen LogP contribution in [-0.2, 0) is 13.2 Å². The average Bonchev–Trinajstić information content (AvgIpc) is 2.87. The topological polar surface area (TPSA) is 62.5 Å². The van der Waals surface area contributed by atoms with Crippen molar-refractivity contribution in [1.29, 1.82) is 0 Å². The number of imidazole rings is 1. The summed E-state index contributed by atoms with van der Waals surface area (Å²) in [6.07, 6.45) is 7.20. The first-order valence-electron chi connectivity index (χ1n) is 6.17. The minimum atomic E-state index is -0.0104. The van der Waals surface area contributed by atoms with Gasteiger partial charge in [-0.15, -0.1) is 0 Å². The van der Waals surface area contributed by atoms with Gasteiger partial charge in [0, 0.05) is 22.4 Å². The molecule has 3 aromatic heterocycles. The molecule has 5 nitrogen and oxygen atoms in total. The molecule has 0 aromatic carbocycles. The third-order valence-electron chi connectivity index (χ3n) is 3.09. The lowest BCUT2D eigenvalue weighted by molar-refractivity contribution is 0.282. The summed E-state index contributed by atoms with van der Waals surface area (Å²) in [5.41, 5.74) is 3.60. The van der Waals surface area contributed by atoms with Gasteiger partial charge in [0.05, 0.1) is 36.9 Å². The standard InChI is InChI=1S/C14H13BrN4O/c15-11-1-2-14-18-6-12(19(14)8-11)5-17-13-7-16-4-3-10(13)9-20/h1-4,6-8,17,20H,5,9H2. The van der Waals surface area contributed by atoms with Gasteiger partial charge in [-0.1, -0.05) is 0 Å². The van der Waals surface area contributed by atoms with Crippen LogP contribution in [-0.4, -0.2) is 19.5 Å². The molecule has 3 rings (SSSR count). The molecule has 0 radical (unpaired) electrons. The smallest absolute Gasteiger partial charge is 0.137 e. The van der Waals surface area contributed by atoms with Gasteiger partial charge in [-0.2, -0.15) is 0 Å². The molecule has 6 heteroatoms. The highest BCUT2D eigenvalue weighted by Crippen LogP contribution is 2.17. The van der Waals surface area contributed by atoms with E-state index < -0.39 is 0 Å². The Morgan fingerprint density at radius 1 is 1.25 bits per heavy atom. The van der Waals surface area contributed by atoms with Crippen LogP contribution in [0.3, 0.4) is 0 Å². The number of pyridine rings is 2. The van der Waals surface area contributed by atoms with Crippen molar-refractivity contribution in [3.63, 3.8) is 0 Å². The average molecular weight is 333 g/mol. The lowest BCUT2D eigenvalue weighted by Gasteiger charge is -2.09. The maximum Gasteiger partial charge on any atom is 0.137 e. The number of fused-ring (bicyclic) bond motifs is 1. The molecule has 0 saturated carbocycles. The van der Waals surface area contributed by atoms with Gasteiger partial charge >= 0.3 is 0 Å². The predicted molar refractivity (Wildman–Crippen MR) is 80.4 cm³/mol. The van der Waals surface area contributed by atoms with E-state index in [-0.39, 0.29) is 6.61 Å². The minimum absolute atomic E-state index is 0.0104. The van der Waals surface area contributed by atoms with E-state index in [1.165, 1.54) is 0 Å². The van der Waals surface area contributed by atoms with Crippen LogP contribution >= 0.6 is 15.9 Å². The van der Waals surface area contributed by atoms with E-state index in [1.54, 1.807) is 18.5 Å². The Bertz CT molecular complexity index is 741. The van der Waals surface area contributed by atoms with Gasteiger partial charge in [0.2, 0.25) is 0 Å². The third kappa shape index (κ3) is 2.52. The van der Waals surface area contributed by atoms with E-state index in [1.807, 2.05) is 28.9 Å². The molecular formula is C14H13BrN4O. The maximum absolute atomic E-state index is 9.29. The molecule has 3 heterocycles. The summed E-state index contributed by atoms with van der Waals surface area (Å²) in [4.78, 5) is 8.42. The number of hydrogen-bond donors (Lipinski definition) is 2. The van der Waals surface area contributed by atoms with Crippen LogP contribution in [0.5, 0.6) is 0 Å². The van der Waals surface area contributed by atoms with Crippen LogP contribution in [0.4, 0.5) is 5.69 Å². The molecule has 0 spiro atoms. The van der Waals surface area contributed by atoms with Crippen LogP contribution in [0.15, 0.2) is 47.5 Å². The number of halogens is 1.